The van der Waals surface area contributed by atoms with Gasteiger partial charge in [0.1, 0.15) is 5.75 Å². The van der Waals surface area contributed by atoms with Crippen LogP contribution in [0, 0.1) is 11.8 Å². The Labute approximate surface area is 135 Å². The summed E-state index contributed by atoms with van der Waals surface area (Å²) in [5.41, 5.74) is 8.41. The molecule has 1 rings (SSSR count). The lowest BCUT2D eigenvalue weighted by atomic mass is 9.83. The molecule has 2 atom stereocenters. The van der Waals surface area contributed by atoms with Crippen molar-refractivity contribution in [3.63, 3.8) is 0 Å². The molecule has 0 fully saturated rings. The highest BCUT2D eigenvalue weighted by atomic mass is 16.5. The van der Waals surface area contributed by atoms with Crippen LogP contribution in [0.5, 0.6) is 5.75 Å². The first kappa shape index (κ1) is 19.0. The molecule has 0 spiro atoms. The second-order valence-corrected chi connectivity index (χ2v) is 7.28. The molecule has 3 nitrogen and oxygen atoms in total. The normalized spacial score (nSPS) is 14.7. The molecule has 0 bridgehead atoms. The molecule has 3 N–H and O–H groups in total. The highest BCUT2D eigenvalue weighted by Crippen LogP contribution is 2.30. The highest BCUT2D eigenvalue weighted by molar-refractivity contribution is 5.40. The van der Waals surface area contributed by atoms with E-state index in [-0.39, 0.29) is 17.9 Å². The van der Waals surface area contributed by atoms with Crippen molar-refractivity contribution in [1.82, 2.24) is 0 Å². The molecule has 22 heavy (non-hydrogen) atoms. The van der Waals surface area contributed by atoms with Crippen molar-refractivity contribution in [3.8, 4) is 5.75 Å². The Kier molecular flexibility index (Phi) is 7.37. The van der Waals surface area contributed by atoms with Crippen molar-refractivity contribution in [1.29, 1.82) is 0 Å². The zero-order valence-corrected chi connectivity index (χ0v) is 14.9. The highest BCUT2D eigenvalue weighted by Gasteiger charge is 2.20. The van der Waals surface area contributed by atoms with E-state index in [9.17, 15) is 5.11 Å². The first-order valence-corrected chi connectivity index (χ1v) is 8.40. The summed E-state index contributed by atoms with van der Waals surface area (Å²) >= 11 is 0. The quantitative estimate of drug-likeness (QED) is 0.772. The van der Waals surface area contributed by atoms with Gasteiger partial charge in [-0.05, 0) is 53.8 Å². The summed E-state index contributed by atoms with van der Waals surface area (Å²) < 4.78 is 5.91. The molecule has 3 heteroatoms. The van der Waals surface area contributed by atoms with E-state index in [0.29, 0.717) is 12.5 Å². The van der Waals surface area contributed by atoms with Crippen LogP contribution in [0.3, 0.4) is 0 Å². The minimum absolute atomic E-state index is 0.117. The molecule has 0 aliphatic heterocycles. The molecule has 1 aromatic carbocycles. The first-order chi connectivity index (χ1) is 10.3. The van der Waals surface area contributed by atoms with Gasteiger partial charge >= 0.3 is 0 Å². The maximum Gasteiger partial charge on any atom is 0.122 e. The van der Waals surface area contributed by atoms with Crippen LogP contribution >= 0.6 is 0 Å². The van der Waals surface area contributed by atoms with Gasteiger partial charge in [0.15, 0.2) is 0 Å². The third-order valence-corrected chi connectivity index (χ3v) is 4.27. The molecule has 0 aliphatic carbocycles. The number of hydrogen-bond acceptors (Lipinski definition) is 3. The van der Waals surface area contributed by atoms with Crippen LogP contribution in [0.4, 0.5) is 0 Å². The Hall–Kier alpha value is -1.06. The average molecular weight is 307 g/mol. The second-order valence-electron chi connectivity index (χ2n) is 7.28. The van der Waals surface area contributed by atoms with Gasteiger partial charge < -0.3 is 15.6 Å². The van der Waals surface area contributed by atoms with Crippen molar-refractivity contribution >= 4 is 0 Å². The minimum atomic E-state index is 0.117. The molecule has 0 amide bonds. The predicted octanol–water partition coefficient (Wildman–Crippen LogP) is 3.52. The van der Waals surface area contributed by atoms with Gasteiger partial charge in [0.25, 0.3) is 0 Å². The zero-order valence-electron chi connectivity index (χ0n) is 14.9. The Morgan fingerprint density at radius 2 is 1.95 bits per heavy atom. The molecule has 0 heterocycles. The van der Waals surface area contributed by atoms with Crippen molar-refractivity contribution in [2.45, 2.75) is 52.9 Å². The summed E-state index contributed by atoms with van der Waals surface area (Å²) in [5, 5.41) is 9.46. The molecule has 0 saturated heterocycles. The predicted molar refractivity (Wildman–Crippen MR) is 93.4 cm³/mol. The molecule has 0 aromatic heterocycles. The number of benzene rings is 1. The van der Waals surface area contributed by atoms with Gasteiger partial charge in [-0.3, -0.25) is 0 Å². The summed E-state index contributed by atoms with van der Waals surface area (Å²) in [6.07, 6.45) is 1.88. The number of nitrogens with two attached hydrogens (primary N) is 1. The monoisotopic (exact) mass is 307 g/mol. The maximum absolute atomic E-state index is 9.46. The first-order valence-electron chi connectivity index (χ1n) is 8.40. The summed E-state index contributed by atoms with van der Waals surface area (Å²) in [5.74, 6) is 1.43. The van der Waals surface area contributed by atoms with Crippen molar-refractivity contribution in [3.05, 3.63) is 29.3 Å². The molecule has 2 unspecified atom stereocenters. The van der Waals surface area contributed by atoms with E-state index in [1.165, 1.54) is 11.1 Å². The van der Waals surface area contributed by atoms with Crippen molar-refractivity contribution in [2.24, 2.45) is 17.6 Å². The largest absolute Gasteiger partial charge is 0.493 e. The Bertz CT molecular complexity index is 447. The molecule has 0 saturated carbocycles. The van der Waals surface area contributed by atoms with Gasteiger partial charge in [-0.25, -0.2) is 0 Å². The van der Waals surface area contributed by atoms with Gasteiger partial charge in [-0.1, -0.05) is 46.8 Å². The van der Waals surface area contributed by atoms with Crippen LogP contribution < -0.4 is 10.5 Å². The van der Waals surface area contributed by atoms with Gasteiger partial charge in [0.05, 0.1) is 6.61 Å². The Balaban J connectivity index is 3.05. The SMILES string of the molecule is CCCOc1ccc(C(C)(C)C)cc1CC(C)C(CN)CO. The maximum atomic E-state index is 9.46. The van der Waals surface area contributed by atoms with Crippen LogP contribution in [-0.2, 0) is 11.8 Å². The van der Waals surface area contributed by atoms with E-state index in [2.05, 4.69) is 52.8 Å². The summed E-state index contributed by atoms with van der Waals surface area (Å²) in [4.78, 5) is 0. The van der Waals surface area contributed by atoms with Gasteiger partial charge in [-0.2, -0.15) is 0 Å². The fraction of sp³-hybridized carbons (Fsp3) is 0.684. The Morgan fingerprint density at radius 1 is 1.27 bits per heavy atom. The smallest absolute Gasteiger partial charge is 0.122 e. The van der Waals surface area contributed by atoms with Crippen molar-refractivity contribution < 1.29 is 9.84 Å². The standard InChI is InChI=1S/C19H33NO2/c1-6-9-22-18-8-7-17(19(3,4)5)11-15(18)10-14(2)16(12-20)13-21/h7-8,11,14,16,21H,6,9-10,12-13,20H2,1-5H3. The molecule has 0 aliphatic rings. The van der Waals surface area contributed by atoms with Gasteiger partial charge in [-0.15, -0.1) is 0 Å². The number of ether oxygens (including phenoxy) is 1. The van der Waals surface area contributed by atoms with Crippen LogP contribution in [0.1, 0.15) is 52.2 Å². The summed E-state index contributed by atoms with van der Waals surface area (Å²) in [7, 11) is 0. The fourth-order valence-electron chi connectivity index (χ4n) is 2.56. The lowest BCUT2D eigenvalue weighted by molar-refractivity contribution is 0.186. The van der Waals surface area contributed by atoms with Crippen molar-refractivity contribution in [2.75, 3.05) is 19.8 Å². The lowest BCUT2D eigenvalue weighted by Crippen LogP contribution is -2.26. The molecule has 1 aromatic rings. The third-order valence-electron chi connectivity index (χ3n) is 4.27. The molecular weight excluding hydrogens is 274 g/mol. The Morgan fingerprint density at radius 3 is 2.45 bits per heavy atom. The van der Waals surface area contributed by atoms with E-state index in [4.69, 9.17) is 10.5 Å². The molecule has 0 radical (unpaired) electrons. The molecule has 126 valence electrons. The number of aliphatic hydroxyl groups is 1. The van der Waals surface area contributed by atoms with Crippen LogP contribution in [0.2, 0.25) is 0 Å². The molecular formula is C19H33NO2. The van der Waals surface area contributed by atoms with E-state index < -0.39 is 0 Å². The number of rotatable bonds is 8. The van der Waals surface area contributed by atoms with E-state index in [1.807, 2.05) is 0 Å². The van der Waals surface area contributed by atoms with E-state index in [0.717, 1.165) is 25.2 Å². The fourth-order valence-corrected chi connectivity index (χ4v) is 2.56. The lowest BCUT2D eigenvalue weighted by Gasteiger charge is -2.25. The summed E-state index contributed by atoms with van der Waals surface area (Å²) in [6.45, 7) is 12.3. The van der Waals surface area contributed by atoms with Crippen LogP contribution in [-0.4, -0.2) is 24.9 Å². The average Bonchev–Trinajstić information content (AvgIpc) is 2.46. The third kappa shape index (κ3) is 5.29. The second kappa shape index (κ2) is 8.54. The topological polar surface area (TPSA) is 55.5 Å². The minimum Gasteiger partial charge on any atom is -0.493 e. The van der Waals surface area contributed by atoms with Crippen LogP contribution in [0.25, 0.3) is 0 Å². The van der Waals surface area contributed by atoms with E-state index >= 15 is 0 Å². The zero-order chi connectivity index (χ0) is 16.8. The van der Waals surface area contributed by atoms with Gasteiger partial charge in [0.2, 0.25) is 0 Å². The number of aliphatic hydroxyl groups excluding tert-OH is 1. The van der Waals surface area contributed by atoms with Gasteiger partial charge in [0, 0.05) is 6.61 Å². The van der Waals surface area contributed by atoms with E-state index in [1.54, 1.807) is 0 Å². The summed E-state index contributed by atoms with van der Waals surface area (Å²) in [6, 6.07) is 6.51. The van der Waals surface area contributed by atoms with Crippen LogP contribution in [0.15, 0.2) is 18.2 Å². The number of hydrogen-bond donors (Lipinski definition) is 2.